The Morgan fingerprint density at radius 2 is 2.14 bits per heavy atom. The molecular weight excluding hydrogens is 276 g/mol. The van der Waals surface area contributed by atoms with Gasteiger partial charge in [0.15, 0.2) is 11.8 Å². The molecule has 124 valence electrons. The summed E-state index contributed by atoms with van der Waals surface area (Å²) in [6, 6.07) is 0. The van der Waals surface area contributed by atoms with Crippen LogP contribution >= 0.6 is 0 Å². The summed E-state index contributed by atoms with van der Waals surface area (Å²) < 4.78 is 1.90. The van der Waals surface area contributed by atoms with Crippen molar-refractivity contribution >= 4 is 5.96 Å². The molecule has 6 heteroatoms. The van der Waals surface area contributed by atoms with Crippen molar-refractivity contribution in [3.8, 4) is 0 Å². The Labute approximate surface area is 133 Å². The molecule has 0 atom stereocenters. The molecule has 0 aliphatic heterocycles. The average molecular weight is 306 g/mol. The van der Waals surface area contributed by atoms with E-state index in [1.807, 2.05) is 11.6 Å². The summed E-state index contributed by atoms with van der Waals surface area (Å²) in [4.78, 5) is 4.57. The second-order valence-corrected chi connectivity index (χ2v) is 6.13. The molecule has 1 fully saturated rings. The predicted octanol–water partition coefficient (Wildman–Crippen LogP) is 2.23. The molecule has 6 nitrogen and oxygen atoms in total. The maximum atomic E-state index is 4.57. The predicted molar refractivity (Wildman–Crippen MR) is 89.6 cm³/mol. The van der Waals surface area contributed by atoms with Crippen LogP contribution in [-0.4, -0.2) is 33.8 Å². The minimum atomic E-state index is 0.550. The smallest absolute Gasteiger partial charge is 0.191 e. The van der Waals surface area contributed by atoms with Crippen molar-refractivity contribution in [1.29, 1.82) is 0 Å². The second-order valence-electron chi connectivity index (χ2n) is 6.13. The molecule has 1 aromatic rings. The van der Waals surface area contributed by atoms with E-state index in [2.05, 4.69) is 32.7 Å². The van der Waals surface area contributed by atoms with Gasteiger partial charge in [-0.05, 0) is 25.7 Å². The number of hydrogen-bond acceptors (Lipinski definition) is 3. The molecule has 1 aliphatic carbocycles. The number of rotatable bonds is 7. The summed E-state index contributed by atoms with van der Waals surface area (Å²) in [6.07, 6.45) is 11.4. The summed E-state index contributed by atoms with van der Waals surface area (Å²) in [5.41, 5.74) is 0. The van der Waals surface area contributed by atoms with Gasteiger partial charge in [0.25, 0.3) is 0 Å². The van der Waals surface area contributed by atoms with Gasteiger partial charge < -0.3 is 15.2 Å². The van der Waals surface area contributed by atoms with E-state index in [1.54, 1.807) is 6.33 Å². The Hall–Kier alpha value is -1.59. The topological polar surface area (TPSA) is 67.1 Å². The molecule has 22 heavy (non-hydrogen) atoms. The van der Waals surface area contributed by atoms with Crippen LogP contribution in [-0.2, 0) is 13.6 Å². The first kappa shape index (κ1) is 16.8. The van der Waals surface area contributed by atoms with E-state index in [-0.39, 0.29) is 0 Å². The van der Waals surface area contributed by atoms with E-state index in [9.17, 15) is 0 Å². The second kappa shape index (κ2) is 9.43. The quantitative estimate of drug-likeness (QED) is 0.460. The summed E-state index contributed by atoms with van der Waals surface area (Å²) >= 11 is 0. The lowest BCUT2D eigenvalue weighted by Gasteiger charge is -2.21. The highest BCUT2D eigenvalue weighted by Crippen LogP contribution is 2.26. The highest BCUT2D eigenvalue weighted by atomic mass is 15.3. The van der Waals surface area contributed by atoms with E-state index < -0.39 is 0 Å². The number of nitrogens with one attached hydrogen (secondary N) is 2. The molecule has 0 aromatic carbocycles. The summed E-state index contributed by atoms with van der Waals surface area (Å²) in [5, 5.41) is 14.6. The van der Waals surface area contributed by atoms with Crippen molar-refractivity contribution in [1.82, 2.24) is 25.4 Å². The largest absolute Gasteiger partial charge is 0.357 e. The van der Waals surface area contributed by atoms with Gasteiger partial charge in [-0.1, -0.05) is 32.1 Å². The van der Waals surface area contributed by atoms with E-state index in [1.165, 1.54) is 44.9 Å². The van der Waals surface area contributed by atoms with Gasteiger partial charge in [0.05, 0.1) is 0 Å². The first-order chi connectivity index (χ1) is 10.8. The van der Waals surface area contributed by atoms with E-state index in [0.29, 0.717) is 6.54 Å². The maximum absolute atomic E-state index is 4.57. The molecule has 2 rings (SSSR count). The third-order valence-electron chi connectivity index (χ3n) is 4.33. The van der Waals surface area contributed by atoms with Gasteiger partial charge >= 0.3 is 0 Å². The molecule has 1 aromatic heterocycles. The summed E-state index contributed by atoms with van der Waals surface area (Å²) in [7, 11) is 1.94. The maximum Gasteiger partial charge on any atom is 0.191 e. The van der Waals surface area contributed by atoms with Crippen LogP contribution in [0.5, 0.6) is 0 Å². The van der Waals surface area contributed by atoms with E-state index >= 15 is 0 Å². The number of aromatic nitrogens is 3. The zero-order chi connectivity index (χ0) is 15.6. The van der Waals surface area contributed by atoms with Crippen LogP contribution in [0.25, 0.3) is 0 Å². The van der Waals surface area contributed by atoms with Gasteiger partial charge in [0.1, 0.15) is 12.9 Å². The van der Waals surface area contributed by atoms with Crippen molar-refractivity contribution in [2.24, 2.45) is 18.0 Å². The minimum Gasteiger partial charge on any atom is -0.357 e. The van der Waals surface area contributed by atoms with E-state index in [4.69, 9.17) is 0 Å². The molecule has 2 N–H and O–H groups in total. The summed E-state index contributed by atoms with van der Waals surface area (Å²) in [5.74, 6) is 2.70. The Kier molecular flexibility index (Phi) is 7.19. The molecule has 0 radical (unpaired) electrons. The zero-order valence-corrected chi connectivity index (χ0v) is 14.0. The summed E-state index contributed by atoms with van der Waals surface area (Å²) in [6.45, 7) is 4.49. The lowest BCUT2D eigenvalue weighted by Crippen LogP contribution is -2.38. The Morgan fingerprint density at radius 3 is 2.82 bits per heavy atom. The average Bonchev–Trinajstić information content (AvgIpc) is 2.95. The molecule has 0 unspecified atom stereocenters. The van der Waals surface area contributed by atoms with Crippen molar-refractivity contribution in [3.63, 3.8) is 0 Å². The third-order valence-corrected chi connectivity index (χ3v) is 4.33. The van der Waals surface area contributed by atoms with Gasteiger partial charge in [0, 0.05) is 20.1 Å². The fraction of sp³-hybridized carbons (Fsp3) is 0.812. The van der Waals surface area contributed by atoms with E-state index in [0.717, 1.165) is 30.8 Å². The van der Waals surface area contributed by atoms with Crippen molar-refractivity contribution in [2.45, 2.75) is 58.4 Å². The molecule has 0 bridgehead atoms. The number of hydrogen-bond donors (Lipinski definition) is 2. The first-order valence-corrected chi connectivity index (χ1v) is 8.64. The Morgan fingerprint density at radius 1 is 1.32 bits per heavy atom. The lowest BCUT2D eigenvalue weighted by molar-refractivity contribution is 0.332. The van der Waals surface area contributed by atoms with Crippen molar-refractivity contribution < 1.29 is 0 Å². The van der Waals surface area contributed by atoms with Crippen LogP contribution in [0, 0.1) is 5.92 Å². The number of guanidine groups is 1. The van der Waals surface area contributed by atoms with Crippen LogP contribution in [0.4, 0.5) is 0 Å². The Balaban J connectivity index is 1.70. The Bertz CT molecular complexity index is 447. The minimum absolute atomic E-state index is 0.550. The normalized spacial score (nSPS) is 16.7. The zero-order valence-electron chi connectivity index (χ0n) is 14.0. The molecule has 1 heterocycles. The third kappa shape index (κ3) is 5.66. The highest BCUT2D eigenvalue weighted by molar-refractivity contribution is 5.79. The number of aliphatic imine (C=N–C) groups is 1. The van der Waals surface area contributed by atoms with Crippen molar-refractivity contribution in [3.05, 3.63) is 12.2 Å². The number of nitrogens with zero attached hydrogens (tertiary/aromatic N) is 4. The molecule has 0 amide bonds. The molecule has 0 spiro atoms. The van der Waals surface area contributed by atoms with Crippen LogP contribution < -0.4 is 10.6 Å². The van der Waals surface area contributed by atoms with Crippen LogP contribution in [0.3, 0.4) is 0 Å². The van der Waals surface area contributed by atoms with Gasteiger partial charge in [-0.2, -0.15) is 0 Å². The van der Waals surface area contributed by atoms with Crippen LogP contribution in [0.1, 0.15) is 57.7 Å². The van der Waals surface area contributed by atoms with Gasteiger partial charge in [-0.3, -0.25) is 0 Å². The van der Waals surface area contributed by atoms with Gasteiger partial charge in [-0.25, -0.2) is 4.99 Å². The van der Waals surface area contributed by atoms with Crippen molar-refractivity contribution in [2.75, 3.05) is 13.1 Å². The van der Waals surface area contributed by atoms with Gasteiger partial charge in [-0.15, -0.1) is 10.2 Å². The fourth-order valence-electron chi connectivity index (χ4n) is 3.02. The van der Waals surface area contributed by atoms with Gasteiger partial charge in [0.2, 0.25) is 0 Å². The molecule has 1 saturated carbocycles. The SMILES string of the molecule is CCNC(=NCc1nncn1C)NCCCC1CCCCC1. The van der Waals surface area contributed by atoms with Crippen LogP contribution in [0.2, 0.25) is 0 Å². The van der Waals surface area contributed by atoms with Crippen LogP contribution in [0.15, 0.2) is 11.3 Å². The lowest BCUT2D eigenvalue weighted by atomic mass is 9.86. The molecule has 1 aliphatic rings. The fourth-order valence-corrected chi connectivity index (χ4v) is 3.02. The monoisotopic (exact) mass is 306 g/mol. The highest BCUT2D eigenvalue weighted by Gasteiger charge is 2.12. The standard InChI is InChI=1S/C16H30N6/c1-3-17-16(19-12-15-21-20-13-22(15)2)18-11-7-10-14-8-5-4-6-9-14/h13-14H,3-12H2,1-2H3,(H2,17,18,19). The molecular formula is C16H30N6. The first-order valence-electron chi connectivity index (χ1n) is 8.64. The number of aryl methyl sites for hydroxylation is 1. The molecule has 0 saturated heterocycles.